The van der Waals surface area contributed by atoms with E-state index in [2.05, 4.69) is 43.5 Å². The summed E-state index contributed by atoms with van der Waals surface area (Å²) in [5, 5.41) is 22.9. The van der Waals surface area contributed by atoms with Gasteiger partial charge >= 0.3 is 0 Å². The first-order valence-corrected chi connectivity index (χ1v) is 21.2. The summed E-state index contributed by atoms with van der Waals surface area (Å²) >= 11 is 0. The first kappa shape index (κ1) is 46.6. The highest BCUT2D eigenvalue weighted by atomic mass is 16.3. The average Bonchev–Trinajstić information content (AvgIpc) is 3.09. The number of aliphatic hydroxyl groups excluding tert-OH is 2. The molecule has 2 unspecified atom stereocenters. The molecule has 1 amide bonds. The fourth-order valence-corrected chi connectivity index (χ4v) is 6.31. The standard InChI is InChI=1S/C44H83NO3/c1-3-5-7-9-11-13-15-16-17-18-19-20-21-22-23-24-25-26-27-28-30-32-34-36-38-40-44(48)45-42(41-46)43(47)39-37-35-33-31-29-14-12-10-8-6-4-2/h22-23,29,31,37,39,42-43,46-47H,3-21,24-28,30,32-36,38,40-41H2,1-2H3,(H,45,48)/b23-22-,31-29+,39-37+. The molecule has 0 rings (SSSR count). The number of hydrogen-bond acceptors (Lipinski definition) is 3. The van der Waals surface area contributed by atoms with Gasteiger partial charge in [0.25, 0.3) is 0 Å². The summed E-state index contributed by atoms with van der Waals surface area (Å²) in [6.07, 6.45) is 52.6. The molecule has 282 valence electrons. The highest BCUT2D eigenvalue weighted by molar-refractivity contribution is 5.76. The summed E-state index contributed by atoms with van der Waals surface area (Å²) in [5.74, 6) is -0.0773. The second-order valence-corrected chi connectivity index (χ2v) is 14.4. The minimum absolute atomic E-state index is 0.0773. The lowest BCUT2D eigenvalue weighted by Crippen LogP contribution is -2.45. The van der Waals surface area contributed by atoms with Crippen LogP contribution in [0, 0.1) is 0 Å². The molecule has 0 aromatic heterocycles. The van der Waals surface area contributed by atoms with E-state index in [1.165, 1.54) is 167 Å². The Morgan fingerprint density at radius 1 is 0.479 bits per heavy atom. The van der Waals surface area contributed by atoms with Gasteiger partial charge in [0, 0.05) is 6.42 Å². The van der Waals surface area contributed by atoms with Crippen LogP contribution >= 0.6 is 0 Å². The molecule has 2 atom stereocenters. The highest BCUT2D eigenvalue weighted by Crippen LogP contribution is 2.14. The summed E-state index contributed by atoms with van der Waals surface area (Å²) in [7, 11) is 0. The molecule has 0 radical (unpaired) electrons. The zero-order valence-corrected chi connectivity index (χ0v) is 32.3. The normalized spacial score (nSPS) is 13.3. The van der Waals surface area contributed by atoms with Crippen LogP contribution in [0.1, 0.15) is 219 Å². The third kappa shape index (κ3) is 35.9. The van der Waals surface area contributed by atoms with E-state index < -0.39 is 12.1 Å². The Morgan fingerprint density at radius 2 is 0.812 bits per heavy atom. The Labute approximate surface area is 300 Å². The Hall–Kier alpha value is -1.39. The van der Waals surface area contributed by atoms with Crippen LogP contribution in [0.5, 0.6) is 0 Å². The van der Waals surface area contributed by atoms with E-state index in [0.717, 1.165) is 32.1 Å². The molecule has 0 aliphatic carbocycles. The van der Waals surface area contributed by atoms with Crippen molar-refractivity contribution in [2.45, 2.75) is 231 Å². The predicted molar refractivity (Wildman–Crippen MR) is 212 cm³/mol. The van der Waals surface area contributed by atoms with Crippen molar-refractivity contribution >= 4 is 5.91 Å². The van der Waals surface area contributed by atoms with Crippen molar-refractivity contribution in [3.05, 3.63) is 36.5 Å². The number of carbonyl (C=O) groups is 1. The van der Waals surface area contributed by atoms with Gasteiger partial charge in [0.1, 0.15) is 0 Å². The van der Waals surface area contributed by atoms with Gasteiger partial charge in [0.2, 0.25) is 5.91 Å². The Kier molecular flexibility index (Phi) is 38.9. The van der Waals surface area contributed by atoms with Gasteiger partial charge in [0.05, 0.1) is 18.8 Å². The molecule has 0 fully saturated rings. The average molecular weight is 674 g/mol. The number of amides is 1. The Bertz CT molecular complexity index is 731. The van der Waals surface area contributed by atoms with Crippen LogP contribution in [-0.4, -0.2) is 34.9 Å². The van der Waals surface area contributed by atoms with Crippen LogP contribution < -0.4 is 5.32 Å². The Balaban J connectivity index is 3.53. The van der Waals surface area contributed by atoms with Gasteiger partial charge < -0.3 is 15.5 Å². The van der Waals surface area contributed by atoms with E-state index in [0.29, 0.717) is 6.42 Å². The SMILES string of the molecule is CCCCCCC/C=C/CC/C=C/C(O)C(CO)NC(=O)CCCCCCCCCCC/C=C\CCCCCCCCCCCCCC. The van der Waals surface area contributed by atoms with Gasteiger partial charge in [0.15, 0.2) is 0 Å². The molecule has 0 saturated carbocycles. The monoisotopic (exact) mass is 674 g/mol. The maximum absolute atomic E-state index is 12.3. The van der Waals surface area contributed by atoms with Gasteiger partial charge in [-0.05, 0) is 57.8 Å². The summed E-state index contributed by atoms with van der Waals surface area (Å²) in [6.45, 7) is 4.27. The maximum atomic E-state index is 12.3. The molecule has 3 N–H and O–H groups in total. The lowest BCUT2D eigenvalue weighted by Gasteiger charge is -2.19. The molecular weight excluding hydrogens is 590 g/mol. The molecule has 4 heteroatoms. The molecule has 0 aliphatic heterocycles. The minimum atomic E-state index is -0.860. The topological polar surface area (TPSA) is 69.6 Å². The smallest absolute Gasteiger partial charge is 0.220 e. The van der Waals surface area contributed by atoms with Gasteiger partial charge in [-0.2, -0.15) is 0 Å². The molecular formula is C44H83NO3. The van der Waals surface area contributed by atoms with E-state index in [1.54, 1.807) is 6.08 Å². The van der Waals surface area contributed by atoms with E-state index in [1.807, 2.05) is 6.08 Å². The van der Waals surface area contributed by atoms with E-state index in [9.17, 15) is 15.0 Å². The number of allylic oxidation sites excluding steroid dienone is 5. The second kappa shape index (κ2) is 40.0. The van der Waals surface area contributed by atoms with Crippen LogP contribution in [0.3, 0.4) is 0 Å². The summed E-state index contributed by atoms with van der Waals surface area (Å²) in [5.41, 5.74) is 0. The molecule has 0 aromatic rings. The van der Waals surface area contributed by atoms with Crippen molar-refractivity contribution in [3.63, 3.8) is 0 Å². The van der Waals surface area contributed by atoms with Crippen LogP contribution in [0.25, 0.3) is 0 Å². The number of unbranched alkanes of at least 4 members (excludes halogenated alkanes) is 27. The Morgan fingerprint density at radius 3 is 1.21 bits per heavy atom. The van der Waals surface area contributed by atoms with Crippen LogP contribution in [-0.2, 0) is 4.79 Å². The minimum Gasteiger partial charge on any atom is -0.394 e. The first-order valence-electron chi connectivity index (χ1n) is 21.2. The van der Waals surface area contributed by atoms with Gasteiger partial charge in [-0.1, -0.05) is 192 Å². The van der Waals surface area contributed by atoms with Crippen molar-refractivity contribution in [3.8, 4) is 0 Å². The number of aliphatic hydroxyl groups is 2. The van der Waals surface area contributed by atoms with Crippen molar-refractivity contribution in [1.82, 2.24) is 5.32 Å². The van der Waals surface area contributed by atoms with Gasteiger partial charge in [-0.25, -0.2) is 0 Å². The number of nitrogens with one attached hydrogen (secondary N) is 1. The zero-order valence-electron chi connectivity index (χ0n) is 32.3. The first-order chi connectivity index (χ1) is 23.7. The summed E-state index contributed by atoms with van der Waals surface area (Å²) in [4.78, 5) is 12.3. The quantitative estimate of drug-likeness (QED) is 0.0451. The van der Waals surface area contributed by atoms with Crippen molar-refractivity contribution < 1.29 is 15.0 Å². The van der Waals surface area contributed by atoms with Crippen LogP contribution in [0.15, 0.2) is 36.5 Å². The van der Waals surface area contributed by atoms with Gasteiger partial charge in [-0.3, -0.25) is 4.79 Å². The van der Waals surface area contributed by atoms with Crippen molar-refractivity contribution in [2.75, 3.05) is 6.61 Å². The molecule has 0 spiro atoms. The molecule has 0 aliphatic rings. The van der Waals surface area contributed by atoms with Crippen molar-refractivity contribution in [2.24, 2.45) is 0 Å². The fraction of sp³-hybridized carbons (Fsp3) is 0.841. The summed E-state index contributed by atoms with van der Waals surface area (Å²) in [6, 6.07) is -0.637. The predicted octanol–water partition coefficient (Wildman–Crippen LogP) is 13.0. The number of hydrogen-bond donors (Lipinski definition) is 3. The lowest BCUT2D eigenvalue weighted by atomic mass is 10.0. The number of carbonyl (C=O) groups excluding carboxylic acids is 1. The third-order valence-electron chi connectivity index (χ3n) is 9.60. The molecule has 48 heavy (non-hydrogen) atoms. The third-order valence-corrected chi connectivity index (χ3v) is 9.60. The van der Waals surface area contributed by atoms with E-state index in [4.69, 9.17) is 0 Å². The van der Waals surface area contributed by atoms with E-state index in [-0.39, 0.29) is 12.5 Å². The largest absolute Gasteiger partial charge is 0.394 e. The van der Waals surface area contributed by atoms with Crippen molar-refractivity contribution in [1.29, 1.82) is 0 Å². The van der Waals surface area contributed by atoms with Gasteiger partial charge in [-0.15, -0.1) is 0 Å². The molecule has 0 heterocycles. The highest BCUT2D eigenvalue weighted by Gasteiger charge is 2.17. The van der Waals surface area contributed by atoms with Crippen LogP contribution in [0.4, 0.5) is 0 Å². The maximum Gasteiger partial charge on any atom is 0.220 e. The molecule has 0 bridgehead atoms. The molecule has 0 aromatic carbocycles. The number of rotatable bonds is 38. The molecule has 0 saturated heterocycles. The molecule has 4 nitrogen and oxygen atoms in total. The second-order valence-electron chi connectivity index (χ2n) is 14.4. The summed E-state index contributed by atoms with van der Waals surface area (Å²) < 4.78 is 0. The zero-order chi connectivity index (χ0) is 35.0. The van der Waals surface area contributed by atoms with Crippen LogP contribution in [0.2, 0.25) is 0 Å². The van der Waals surface area contributed by atoms with E-state index >= 15 is 0 Å². The fourth-order valence-electron chi connectivity index (χ4n) is 6.31. The lowest BCUT2D eigenvalue weighted by molar-refractivity contribution is -0.123.